The van der Waals surface area contributed by atoms with Crippen LogP contribution >= 0.6 is 0 Å². The van der Waals surface area contributed by atoms with Gasteiger partial charge in [0.2, 0.25) is 5.91 Å². The smallest absolute Gasteiger partial charge is 0.220 e. The van der Waals surface area contributed by atoms with Crippen LogP contribution in [0.5, 0.6) is 0 Å². The van der Waals surface area contributed by atoms with Gasteiger partial charge >= 0.3 is 0 Å². The van der Waals surface area contributed by atoms with Crippen LogP contribution in [0.4, 0.5) is 0 Å². The molecule has 7 atom stereocenters. The Bertz CT molecular complexity index is 1530. The molecule has 0 bridgehead atoms. The molecule has 0 radical (unpaired) electrons. The van der Waals surface area contributed by atoms with Gasteiger partial charge in [0.15, 0.2) is 6.29 Å². The van der Waals surface area contributed by atoms with E-state index in [0.717, 1.165) is 116 Å². The molecule has 6 N–H and O–H groups in total. The van der Waals surface area contributed by atoms with Gasteiger partial charge in [0.1, 0.15) is 24.4 Å². The van der Waals surface area contributed by atoms with Crippen LogP contribution < -0.4 is 5.32 Å². The van der Waals surface area contributed by atoms with Crippen molar-refractivity contribution in [3.63, 3.8) is 0 Å². The summed E-state index contributed by atoms with van der Waals surface area (Å²) < 4.78 is 11.3. The van der Waals surface area contributed by atoms with Crippen LogP contribution in [0.25, 0.3) is 0 Å². The molecule has 1 aliphatic rings. The summed E-state index contributed by atoms with van der Waals surface area (Å²) in [5, 5.41) is 54.7. The molecule has 0 aromatic rings. The molecule has 9 nitrogen and oxygen atoms in total. The zero-order chi connectivity index (χ0) is 53.6. The van der Waals surface area contributed by atoms with E-state index in [1.54, 1.807) is 0 Å². The predicted octanol–water partition coefficient (Wildman–Crippen LogP) is 15.3. The Hall–Kier alpha value is -3.15. The molecule has 1 amide bonds. The zero-order valence-electron chi connectivity index (χ0n) is 47.1. The summed E-state index contributed by atoms with van der Waals surface area (Å²) in [6, 6.07) is -0.738. The fraction of sp³-hybridized carbons (Fsp3) is 0.708. The summed E-state index contributed by atoms with van der Waals surface area (Å²) in [4.78, 5) is 13.1. The van der Waals surface area contributed by atoms with Crippen molar-refractivity contribution < 1.29 is 39.8 Å². The van der Waals surface area contributed by atoms with Crippen molar-refractivity contribution in [1.29, 1.82) is 0 Å². The average molecular weight is 1030 g/mol. The summed E-state index contributed by atoms with van der Waals surface area (Å²) >= 11 is 0. The molecule has 0 aromatic carbocycles. The quantitative estimate of drug-likeness (QED) is 0.0261. The minimum Gasteiger partial charge on any atom is -0.394 e. The maximum Gasteiger partial charge on any atom is 0.220 e. The fourth-order valence-electron chi connectivity index (χ4n) is 8.92. The van der Waals surface area contributed by atoms with E-state index >= 15 is 0 Å². The van der Waals surface area contributed by atoms with Crippen molar-refractivity contribution in [1.82, 2.24) is 5.32 Å². The first-order chi connectivity index (χ1) is 36.3. The number of carbonyl (C=O) groups excluding carboxylic acids is 1. The SMILES string of the molecule is CC/C=C\C/C=C\C/C=C\C/C=C\C/C=C\C/C=C\C/C=C\C/C=C\C/C=C\CCCCCCCC(=O)NC(COC1OC(CO)C(O)C(O)C1O)C(O)CCCCCCCCCCCCCCCCCCCC. The van der Waals surface area contributed by atoms with Gasteiger partial charge in [-0.05, 0) is 83.5 Å². The van der Waals surface area contributed by atoms with Gasteiger partial charge in [-0.3, -0.25) is 4.79 Å². The first-order valence-corrected chi connectivity index (χ1v) is 30.1. The Morgan fingerprint density at radius 1 is 0.473 bits per heavy atom. The van der Waals surface area contributed by atoms with Crippen LogP contribution in [0.15, 0.2) is 109 Å². The van der Waals surface area contributed by atoms with Gasteiger partial charge in [0.05, 0.1) is 25.4 Å². The van der Waals surface area contributed by atoms with Gasteiger partial charge < -0.3 is 40.3 Å². The lowest BCUT2D eigenvalue weighted by Crippen LogP contribution is -2.60. The van der Waals surface area contributed by atoms with Gasteiger partial charge in [-0.25, -0.2) is 0 Å². The normalized spacial score (nSPS) is 19.8. The molecule has 7 unspecified atom stereocenters. The summed E-state index contributed by atoms with van der Waals surface area (Å²) in [5.74, 6) is -0.166. The Morgan fingerprint density at radius 3 is 1.24 bits per heavy atom. The zero-order valence-corrected chi connectivity index (χ0v) is 47.1. The molecule has 9 heteroatoms. The number of ether oxygens (including phenoxy) is 2. The molecule has 0 aliphatic carbocycles. The molecule has 74 heavy (non-hydrogen) atoms. The standard InChI is InChI=1S/C65H111NO8/c1-3-5-7-9-11-13-15-17-19-21-23-24-25-26-27-28-29-30-31-32-33-34-35-36-37-39-41-43-45-47-49-51-53-55-61(69)66-58(57-73-65-64(72)63(71)62(70)60(56-67)74-65)59(68)54-52-50-48-46-44-42-40-38-22-20-18-16-14-12-10-8-6-4-2/h5,7,11,13,17,19,23-24,26-27,29-30,32-33,35-36,39,41,58-60,62-65,67-68,70-72H,3-4,6,8-10,12,14-16,18,20-22,25,28,31,34,37-38,40,42-57H2,1-2H3,(H,66,69)/b7-5-,13-11-,19-17-,24-23-,27-26-,30-29-,33-32-,36-35-,41-39-. The van der Waals surface area contributed by atoms with Crippen molar-refractivity contribution in [2.24, 2.45) is 0 Å². The molecule has 0 aromatic heterocycles. The molecule has 1 saturated heterocycles. The lowest BCUT2D eigenvalue weighted by Gasteiger charge is -2.40. The van der Waals surface area contributed by atoms with Crippen molar-refractivity contribution in [3.05, 3.63) is 109 Å². The molecule has 1 heterocycles. The first kappa shape index (κ1) is 68.9. The Labute approximate surface area is 453 Å². The molecule has 0 spiro atoms. The second-order valence-corrected chi connectivity index (χ2v) is 20.4. The molecule has 1 fully saturated rings. The number of rotatable bonds is 50. The molecule has 0 saturated carbocycles. The van der Waals surface area contributed by atoms with Crippen LogP contribution in [-0.2, 0) is 14.3 Å². The van der Waals surface area contributed by atoms with Crippen molar-refractivity contribution >= 4 is 5.91 Å². The van der Waals surface area contributed by atoms with Crippen LogP contribution in [-0.4, -0.2) is 87.5 Å². The maximum atomic E-state index is 13.1. The van der Waals surface area contributed by atoms with E-state index in [2.05, 4.69) is 129 Å². The Morgan fingerprint density at radius 2 is 0.838 bits per heavy atom. The maximum absolute atomic E-state index is 13.1. The number of carbonyl (C=O) groups is 1. The van der Waals surface area contributed by atoms with E-state index in [-0.39, 0.29) is 12.5 Å². The second kappa shape index (κ2) is 53.3. The summed E-state index contributed by atoms with van der Waals surface area (Å²) in [7, 11) is 0. The van der Waals surface area contributed by atoms with Gasteiger partial charge in [-0.15, -0.1) is 0 Å². The number of unbranched alkanes of at least 4 members (excludes halogenated alkanes) is 22. The average Bonchev–Trinajstić information content (AvgIpc) is 3.40. The van der Waals surface area contributed by atoms with E-state index in [0.29, 0.717) is 12.8 Å². The minimum absolute atomic E-state index is 0.152. The highest BCUT2D eigenvalue weighted by molar-refractivity contribution is 5.76. The highest BCUT2D eigenvalue weighted by Gasteiger charge is 2.44. The van der Waals surface area contributed by atoms with E-state index in [1.165, 1.54) is 96.3 Å². The van der Waals surface area contributed by atoms with Gasteiger partial charge in [0.25, 0.3) is 0 Å². The number of hydrogen-bond acceptors (Lipinski definition) is 8. The van der Waals surface area contributed by atoms with Crippen LogP contribution in [0.3, 0.4) is 0 Å². The van der Waals surface area contributed by atoms with E-state index in [4.69, 9.17) is 9.47 Å². The van der Waals surface area contributed by atoms with Crippen LogP contribution in [0.2, 0.25) is 0 Å². The lowest BCUT2D eigenvalue weighted by molar-refractivity contribution is -0.302. The van der Waals surface area contributed by atoms with Gasteiger partial charge in [-0.2, -0.15) is 0 Å². The summed E-state index contributed by atoms with van der Waals surface area (Å²) in [5.41, 5.74) is 0. The summed E-state index contributed by atoms with van der Waals surface area (Å²) in [6.45, 7) is 3.72. The van der Waals surface area contributed by atoms with Crippen molar-refractivity contribution in [2.45, 2.75) is 281 Å². The minimum atomic E-state index is -1.56. The molecule has 1 aliphatic heterocycles. The highest BCUT2D eigenvalue weighted by Crippen LogP contribution is 2.23. The fourth-order valence-corrected chi connectivity index (χ4v) is 8.92. The molecule has 1 rings (SSSR count). The van der Waals surface area contributed by atoms with E-state index in [9.17, 15) is 30.3 Å². The number of allylic oxidation sites excluding steroid dienone is 18. The monoisotopic (exact) mass is 1030 g/mol. The van der Waals surface area contributed by atoms with Crippen LogP contribution in [0, 0.1) is 0 Å². The Balaban J connectivity index is 2.22. The summed E-state index contributed by atoms with van der Waals surface area (Å²) in [6.07, 6.45) is 71.1. The van der Waals surface area contributed by atoms with E-state index < -0.39 is 49.5 Å². The van der Waals surface area contributed by atoms with Crippen molar-refractivity contribution in [3.8, 4) is 0 Å². The first-order valence-electron chi connectivity index (χ1n) is 30.1. The predicted molar refractivity (Wildman–Crippen MR) is 313 cm³/mol. The second-order valence-electron chi connectivity index (χ2n) is 20.4. The molecular weight excluding hydrogens is 923 g/mol. The van der Waals surface area contributed by atoms with Crippen LogP contribution in [0.1, 0.15) is 239 Å². The number of aliphatic hydroxyl groups excluding tert-OH is 5. The largest absolute Gasteiger partial charge is 0.394 e. The molecule has 424 valence electrons. The third-order valence-corrected chi connectivity index (χ3v) is 13.6. The Kier molecular flexibility index (Phi) is 49.6. The van der Waals surface area contributed by atoms with Gasteiger partial charge in [-0.1, -0.05) is 258 Å². The number of hydrogen-bond donors (Lipinski definition) is 6. The highest BCUT2D eigenvalue weighted by atomic mass is 16.7. The van der Waals surface area contributed by atoms with Crippen molar-refractivity contribution in [2.75, 3.05) is 13.2 Å². The number of amides is 1. The van der Waals surface area contributed by atoms with E-state index in [1.807, 2.05) is 0 Å². The molecular formula is C65H111NO8. The number of aliphatic hydroxyl groups is 5. The third-order valence-electron chi connectivity index (χ3n) is 13.6. The van der Waals surface area contributed by atoms with Gasteiger partial charge in [0, 0.05) is 6.42 Å². The lowest BCUT2D eigenvalue weighted by atomic mass is 9.99. The number of nitrogens with one attached hydrogen (secondary N) is 1. The third kappa shape index (κ3) is 42.0. The topological polar surface area (TPSA) is 149 Å².